The van der Waals surface area contributed by atoms with E-state index in [4.69, 9.17) is 9.47 Å². The first-order valence-electron chi connectivity index (χ1n) is 9.26. The van der Waals surface area contributed by atoms with Gasteiger partial charge in [-0.25, -0.2) is 0 Å². The third-order valence-electron chi connectivity index (χ3n) is 4.97. The van der Waals surface area contributed by atoms with Crippen molar-refractivity contribution >= 4 is 18.3 Å². The summed E-state index contributed by atoms with van der Waals surface area (Å²) >= 11 is 0. The van der Waals surface area contributed by atoms with Gasteiger partial charge in [-0.1, -0.05) is 30.3 Å². The van der Waals surface area contributed by atoms with Crippen molar-refractivity contribution in [3.63, 3.8) is 0 Å². The number of hydrogen-bond donors (Lipinski definition) is 2. The number of nitrogens with one attached hydrogen (secondary N) is 2. The van der Waals surface area contributed by atoms with Crippen molar-refractivity contribution in [1.82, 2.24) is 10.6 Å². The normalized spacial score (nSPS) is 17.4. The minimum Gasteiger partial charge on any atom is -0.486 e. The van der Waals surface area contributed by atoms with Crippen molar-refractivity contribution < 1.29 is 14.3 Å². The molecule has 2 aliphatic heterocycles. The number of ether oxygens (including phenoxy) is 2. The molecule has 27 heavy (non-hydrogen) atoms. The van der Waals surface area contributed by atoms with E-state index in [0.29, 0.717) is 32.6 Å². The number of benzene rings is 2. The number of hydrogen-bond acceptors (Lipinski definition) is 4. The van der Waals surface area contributed by atoms with E-state index in [1.807, 2.05) is 18.2 Å². The molecule has 6 heteroatoms. The van der Waals surface area contributed by atoms with Gasteiger partial charge in [0, 0.05) is 19.0 Å². The second-order valence-corrected chi connectivity index (χ2v) is 6.74. The Labute approximate surface area is 165 Å². The molecule has 1 amide bonds. The SMILES string of the molecule is Cl.O=C(CCc1ccc2c(c1)OCCO2)NCC1NCCc2ccccc21. The van der Waals surface area contributed by atoms with E-state index in [2.05, 4.69) is 34.9 Å². The molecule has 1 atom stereocenters. The molecule has 144 valence electrons. The van der Waals surface area contributed by atoms with E-state index in [0.717, 1.165) is 30.0 Å². The van der Waals surface area contributed by atoms with E-state index in [-0.39, 0.29) is 24.4 Å². The molecule has 0 aliphatic carbocycles. The summed E-state index contributed by atoms with van der Waals surface area (Å²) in [4.78, 5) is 12.3. The lowest BCUT2D eigenvalue weighted by Gasteiger charge is -2.27. The standard InChI is InChI=1S/C21H24N2O3.ClH/c24-21(8-6-15-5-7-19-20(13-15)26-12-11-25-19)23-14-18-17-4-2-1-3-16(17)9-10-22-18;/h1-5,7,13,18,22H,6,8-12,14H2,(H,23,24);1H. The van der Waals surface area contributed by atoms with Crippen LogP contribution < -0.4 is 20.1 Å². The minimum absolute atomic E-state index is 0. The zero-order valence-corrected chi connectivity index (χ0v) is 16.0. The van der Waals surface area contributed by atoms with Gasteiger partial charge in [0.05, 0.1) is 0 Å². The molecule has 2 aromatic rings. The quantitative estimate of drug-likeness (QED) is 0.826. The highest BCUT2D eigenvalue weighted by molar-refractivity contribution is 5.85. The number of amides is 1. The van der Waals surface area contributed by atoms with Gasteiger partial charge in [0.2, 0.25) is 5.91 Å². The monoisotopic (exact) mass is 388 g/mol. The Morgan fingerprint density at radius 1 is 1.11 bits per heavy atom. The van der Waals surface area contributed by atoms with Crippen LogP contribution in [0.25, 0.3) is 0 Å². The number of fused-ring (bicyclic) bond motifs is 2. The van der Waals surface area contributed by atoms with Gasteiger partial charge in [-0.05, 0) is 48.2 Å². The maximum atomic E-state index is 12.3. The molecule has 0 fully saturated rings. The van der Waals surface area contributed by atoms with Crippen LogP contribution in [0.4, 0.5) is 0 Å². The van der Waals surface area contributed by atoms with Gasteiger partial charge in [0.25, 0.3) is 0 Å². The molecule has 2 aromatic carbocycles. The largest absolute Gasteiger partial charge is 0.486 e. The van der Waals surface area contributed by atoms with Crippen molar-refractivity contribution in [3.05, 3.63) is 59.2 Å². The third-order valence-corrected chi connectivity index (χ3v) is 4.97. The number of aryl methyl sites for hydroxylation is 1. The fourth-order valence-electron chi connectivity index (χ4n) is 3.58. The summed E-state index contributed by atoms with van der Waals surface area (Å²) in [7, 11) is 0. The minimum atomic E-state index is 0. The molecule has 4 rings (SSSR count). The number of carbonyl (C=O) groups is 1. The maximum absolute atomic E-state index is 12.3. The van der Waals surface area contributed by atoms with E-state index in [1.165, 1.54) is 11.1 Å². The fourth-order valence-corrected chi connectivity index (χ4v) is 3.58. The Hall–Kier alpha value is -2.24. The lowest BCUT2D eigenvalue weighted by Crippen LogP contribution is -2.38. The van der Waals surface area contributed by atoms with Crippen LogP contribution in [-0.2, 0) is 17.6 Å². The summed E-state index contributed by atoms with van der Waals surface area (Å²) in [5.74, 6) is 1.63. The van der Waals surface area contributed by atoms with Crippen LogP contribution in [-0.4, -0.2) is 32.2 Å². The van der Waals surface area contributed by atoms with Crippen molar-refractivity contribution in [2.45, 2.75) is 25.3 Å². The molecule has 0 saturated heterocycles. The summed E-state index contributed by atoms with van der Waals surface area (Å²) in [5.41, 5.74) is 3.76. The molecule has 2 heterocycles. The number of carbonyl (C=O) groups excluding carboxylic acids is 1. The number of rotatable bonds is 5. The molecule has 0 saturated carbocycles. The molecule has 0 bridgehead atoms. The summed E-state index contributed by atoms with van der Waals surface area (Å²) in [6.07, 6.45) is 2.20. The average Bonchev–Trinajstić information content (AvgIpc) is 2.70. The summed E-state index contributed by atoms with van der Waals surface area (Å²) in [5, 5.41) is 6.56. The zero-order chi connectivity index (χ0) is 17.8. The predicted octanol–water partition coefficient (Wildman–Crippen LogP) is 2.82. The first kappa shape index (κ1) is 19.5. The maximum Gasteiger partial charge on any atom is 0.220 e. The molecule has 2 N–H and O–H groups in total. The van der Waals surface area contributed by atoms with Crippen molar-refractivity contribution in [1.29, 1.82) is 0 Å². The molecular formula is C21H25ClN2O3. The van der Waals surface area contributed by atoms with Gasteiger partial charge in [0.1, 0.15) is 13.2 Å². The summed E-state index contributed by atoms with van der Waals surface area (Å²) in [6, 6.07) is 14.5. The van der Waals surface area contributed by atoms with Gasteiger partial charge in [-0.3, -0.25) is 4.79 Å². The Balaban J connectivity index is 0.00000210. The first-order chi connectivity index (χ1) is 12.8. The Bertz CT molecular complexity index is 797. The van der Waals surface area contributed by atoms with E-state index >= 15 is 0 Å². The van der Waals surface area contributed by atoms with Crippen LogP contribution >= 0.6 is 12.4 Å². The molecule has 0 radical (unpaired) electrons. The highest BCUT2D eigenvalue weighted by Crippen LogP contribution is 2.31. The molecule has 5 nitrogen and oxygen atoms in total. The predicted molar refractivity (Wildman–Crippen MR) is 107 cm³/mol. The van der Waals surface area contributed by atoms with Crippen molar-refractivity contribution in [2.24, 2.45) is 0 Å². The average molecular weight is 389 g/mol. The zero-order valence-electron chi connectivity index (χ0n) is 15.2. The lowest BCUT2D eigenvalue weighted by atomic mass is 9.94. The lowest BCUT2D eigenvalue weighted by molar-refractivity contribution is -0.121. The van der Waals surface area contributed by atoms with E-state index in [1.54, 1.807) is 0 Å². The smallest absolute Gasteiger partial charge is 0.220 e. The Kier molecular flexibility index (Phi) is 6.58. The third kappa shape index (κ3) is 4.73. The van der Waals surface area contributed by atoms with Gasteiger partial charge >= 0.3 is 0 Å². The van der Waals surface area contributed by atoms with Crippen LogP contribution in [0.15, 0.2) is 42.5 Å². The van der Waals surface area contributed by atoms with Crippen LogP contribution in [0, 0.1) is 0 Å². The molecule has 2 aliphatic rings. The Morgan fingerprint density at radius 2 is 1.93 bits per heavy atom. The van der Waals surface area contributed by atoms with Gasteiger partial charge in [-0.2, -0.15) is 0 Å². The van der Waals surface area contributed by atoms with E-state index < -0.39 is 0 Å². The summed E-state index contributed by atoms with van der Waals surface area (Å²) in [6.45, 7) is 2.74. The van der Waals surface area contributed by atoms with Crippen molar-refractivity contribution in [3.8, 4) is 11.5 Å². The second-order valence-electron chi connectivity index (χ2n) is 6.74. The molecular weight excluding hydrogens is 364 g/mol. The first-order valence-corrected chi connectivity index (χ1v) is 9.26. The number of halogens is 1. The van der Waals surface area contributed by atoms with Crippen LogP contribution in [0.3, 0.4) is 0 Å². The van der Waals surface area contributed by atoms with Crippen LogP contribution in [0.5, 0.6) is 11.5 Å². The molecule has 0 spiro atoms. The fraction of sp³-hybridized carbons (Fsp3) is 0.381. The van der Waals surface area contributed by atoms with Crippen LogP contribution in [0.2, 0.25) is 0 Å². The highest BCUT2D eigenvalue weighted by Gasteiger charge is 2.19. The Morgan fingerprint density at radius 3 is 2.81 bits per heavy atom. The van der Waals surface area contributed by atoms with Gasteiger partial charge < -0.3 is 20.1 Å². The van der Waals surface area contributed by atoms with Gasteiger partial charge in [0.15, 0.2) is 11.5 Å². The topological polar surface area (TPSA) is 59.6 Å². The van der Waals surface area contributed by atoms with Crippen molar-refractivity contribution in [2.75, 3.05) is 26.3 Å². The molecule has 0 aromatic heterocycles. The summed E-state index contributed by atoms with van der Waals surface area (Å²) < 4.78 is 11.1. The highest BCUT2D eigenvalue weighted by atomic mass is 35.5. The van der Waals surface area contributed by atoms with E-state index in [9.17, 15) is 4.79 Å². The molecule has 1 unspecified atom stereocenters. The second kappa shape index (κ2) is 9.11. The van der Waals surface area contributed by atoms with Crippen LogP contribution in [0.1, 0.15) is 29.2 Å². The van der Waals surface area contributed by atoms with Gasteiger partial charge in [-0.15, -0.1) is 12.4 Å².